The Labute approximate surface area is 184 Å². The number of alkyl halides is 3. The van der Waals surface area contributed by atoms with Crippen molar-refractivity contribution in [1.82, 2.24) is 4.98 Å². The minimum atomic E-state index is -5.04. The highest BCUT2D eigenvalue weighted by molar-refractivity contribution is 6.32. The lowest BCUT2D eigenvalue weighted by Crippen LogP contribution is -2.55. The average Bonchev–Trinajstić information content (AvgIpc) is 2.70. The van der Waals surface area contributed by atoms with E-state index in [1.165, 1.54) is 18.2 Å². The Kier molecular flexibility index (Phi) is 5.37. The number of benzene rings is 2. The van der Waals surface area contributed by atoms with Crippen molar-refractivity contribution >= 4 is 28.2 Å². The summed E-state index contributed by atoms with van der Waals surface area (Å²) in [5.41, 5.74) is -3.49. The van der Waals surface area contributed by atoms with Crippen LogP contribution in [0.1, 0.15) is 42.9 Å². The molecular formula is C22H19ClF4N2O3. The molecule has 0 radical (unpaired) electrons. The number of aromatic amines is 1. The number of phenolic OH excluding ortho intramolecular Hbond substituents is 1. The second kappa shape index (κ2) is 7.67. The van der Waals surface area contributed by atoms with Gasteiger partial charge in [-0.15, -0.1) is 0 Å². The molecule has 170 valence electrons. The lowest BCUT2D eigenvalue weighted by molar-refractivity contribution is -0.272. The topological polar surface area (TPSA) is 85.4 Å². The second-order valence-corrected chi connectivity index (χ2v) is 8.35. The number of pyridine rings is 1. The molecule has 0 unspecified atom stereocenters. The smallest absolute Gasteiger partial charge is 0.419 e. The normalized spacial score (nSPS) is 23.2. The number of halogens is 5. The fourth-order valence-corrected chi connectivity index (χ4v) is 4.63. The first-order valence-corrected chi connectivity index (χ1v) is 10.2. The molecule has 4 N–H and O–H groups in total. The summed E-state index contributed by atoms with van der Waals surface area (Å²) in [7, 11) is 0. The van der Waals surface area contributed by atoms with Gasteiger partial charge in [0.2, 0.25) is 5.56 Å². The van der Waals surface area contributed by atoms with Crippen LogP contribution in [0.15, 0.2) is 41.2 Å². The van der Waals surface area contributed by atoms with E-state index in [0.29, 0.717) is 0 Å². The molecule has 0 spiro atoms. The monoisotopic (exact) mass is 470 g/mol. The van der Waals surface area contributed by atoms with Crippen LogP contribution in [-0.4, -0.2) is 27.0 Å². The first kappa shape index (κ1) is 22.4. The maximum Gasteiger partial charge on any atom is 0.419 e. The SMILES string of the molecule is CC[C@@H]1C[C@](O)(C(F)(F)F)[C@@H](Nc2cc(F)cc3[nH]c(=O)ccc23)c2ccc(Cl)c(O)c21. The van der Waals surface area contributed by atoms with Gasteiger partial charge in [-0.05, 0) is 48.6 Å². The van der Waals surface area contributed by atoms with Crippen molar-refractivity contribution < 1.29 is 27.8 Å². The fourth-order valence-electron chi connectivity index (χ4n) is 4.46. The van der Waals surface area contributed by atoms with Gasteiger partial charge in [0.05, 0.1) is 16.6 Å². The van der Waals surface area contributed by atoms with E-state index >= 15 is 0 Å². The molecule has 0 amide bonds. The molecule has 1 aromatic heterocycles. The van der Waals surface area contributed by atoms with Crippen LogP contribution in [0.3, 0.4) is 0 Å². The quantitative estimate of drug-likeness (QED) is 0.388. The maximum atomic E-state index is 14.2. The van der Waals surface area contributed by atoms with E-state index in [1.54, 1.807) is 6.92 Å². The van der Waals surface area contributed by atoms with Gasteiger partial charge in [-0.2, -0.15) is 13.2 Å². The Balaban J connectivity index is 1.96. The number of phenols is 1. The van der Waals surface area contributed by atoms with Crippen LogP contribution >= 0.6 is 11.6 Å². The number of fused-ring (bicyclic) bond motifs is 2. The van der Waals surface area contributed by atoms with Crippen LogP contribution in [0.25, 0.3) is 10.9 Å². The fraction of sp³-hybridized carbons (Fsp3) is 0.318. The lowest BCUT2D eigenvalue weighted by Gasteiger charge is -2.46. The van der Waals surface area contributed by atoms with E-state index in [4.69, 9.17) is 11.6 Å². The number of rotatable bonds is 3. The Morgan fingerprint density at radius 1 is 1.25 bits per heavy atom. The van der Waals surface area contributed by atoms with Gasteiger partial charge in [0.15, 0.2) is 5.60 Å². The molecule has 2 aromatic carbocycles. The minimum absolute atomic E-state index is 0.00617. The highest BCUT2D eigenvalue weighted by Gasteiger charge is 2.62. The molecule has 0 saturated heterocycles. The molecule has 4 rings (SSSR count). The standard InChI is InChI=1S/C22H19ClF4N2O3/c1-2-10-9-21(32,22(25,26)27)20(13-3-5-14(23)19(31)18(10)13)29-16-8-11(24)7-15-12(16)4-6-17(30)28-15/h3-8,10,20,29,31-32H,2,9H2,1H3,(H,28,30)/t10-,20+,21-/m1/s1. The van der Waals surface area contributed by atoms with Gasteiger partial charge in [-0.3, -0.25) is 4.79 Å². The lowest BCUT2D eigenvalue weighted by atomic mass is 9.69. The number of aliphatic hydroxyl groups is 1. The predicted octanol–water partition coefficient (Wildman–Crippen LogP) is 5.37. The van der Waals surface area contributed by atoms with Gasteiger partial charge >= 0.3 is 6.18 Å². The van der Waals surface area contributed by atoms with Gasteiger partial charge < -0.3 is 20.5 Å². The molecule has 32 heavy (non-hydrogen) atoms. The van der Waals surface area contributed by atoms with E-state index in [1.807, 2.05) is 0 Å². The molecule has 0 fully saturated rings. The Bertz CT molecular complexity index is 1260. The molecule has 10 heteroatoms. The van der Waals surface area contributed by atoms with Crippen molar-refractivity contribution in [3.63, 3.8) is 0 Å². The highest BCUT2D eigenvalue weighted by atomic mass is 35.5. The van der Waals surface area contributed by atoms with Crippen molar-refractivity contribution in [3.05, 3.63) is 68.7 Å². The van der Waals surface area contributed by atoms with Gasteiger partial charge in [0.1, 0.15) is 11.6 Å². The van der Waals surface area contributed by atoms with E-state index in [0.717, 1.165) is 18.2 Å². The van der Waals surface area contributed by atoms with Crippen LogP contribution in [0.2, 0.25) is 5.02 Å². The third kappa shape index (κ3) is 3.49. The molecule has 3 aromatic rings. The summed E-state index contributed by atoms with van der Waals surface area (Å²) in [4.78, 5) is 14.0. The number of aromatic hydroxyl groups is 1. The number of hydrogen-bond acceptors (Lipinski definition) is 4. The second-order valence-electron chi connectivity index (χ2n) is 7.94. The summed E-state index contributed by atoms with van der Waals surface area (Å²) < 4.78 is 56.9. The largest absolute Gasteiger partial charge is 0.506 e. The molecule has 0 saturated carbocycles. The summed E-state index contributed by atoms with van der Waals surface area (Å²) in [6.07, 6.45) is -5.55. The summed E-state index contributed by atoms with van der Waals surface area (Å²) in [5.74, 6) is -1.95. The van der Waals surface area contributed by atoms with Crippen molar-refractivity contribution in [2.24, 2.45) is 0 Å². The molecule has 0 aliphatic heterocycles. The zero-order chi connectivity index (χ0) is 23.4. The average molecular weight is 471 g/mol. The Morgan fingerprint density at radius 2 is 1.97 bits per heavy atom. The van der Waals surface area contributed by atoms with Gasteiger partial charge in [0, 0.05) is 22.7 Å². The first-order chi connectivity index (χ1) is 15.0. The van der Waals surface area contributed by atoms with Crippen LogP contribution in [0.5, 0.6) is 5.75 Å². The van der Waals surface area contributed by atoms with Crippen molar-refractivity contribution in [1.29, 1.82) is 0 Å². The summed E-state index contributed by atoms with van der Waals surface area (Å²) in [6.45, 7) is 1.65. The summed E-state index contributed by atoms with van der Waals surface area (Å²) in [6, 6.07) is 5.33. The minimum Gasteiger partial charge on any atom is -0.506 e. The molecule has 1 aliphatic carbocycles. The van der Waals surface area contributed by atoms with E-state index in [-0.39, 0.29) is 44.9 Å². The van der Waals surface area contributed by atoms with Gasteiger partial charge in [-0.25, -0.2) is 4.39 Å². The molecule has 3 atom stereocenters. The van der Waals surface area contributed by atoms with Crippen LogP contribution in [0, 0.1) is 5.82 Å². The first-order valence-electron chi connectivity index (χ1n) is 9.85. The number of H-pyrrole nitrogens is 1. The Morgan fingerprint density at radius 3 is 2.62 bits per heavy atom. The third-order valence-electron chi connectivity index (χ3n) is 6.04. The van der Waals surface area contributed by atoms with Gasteiger partial charge in [0.25, 0.3) is 0 Å². The summed E-state index contributed by atoms with van der Waals surface area (Å²) in [5, 5.41) is 24.4. The maximum absolute atomic E-state index is 14.2. The van der Waals surface area contributed by atoms with E-state index in [2.05, 4.69) is 10.3 Å². The van der Waals surface area contributed by atoms with Crippen LogP contribution in [-0.2, 0) is 0 Å². The van der Waals surface area contributed by atoms with E-state index < -0.39 is 41.5 Å². The molecule has 0 bridgehead atoms. The highest BCUT2D eigenvalue weighted by Crippen LogP contribution is 2.56. The van der Waals surface area contributed by atoms with Crippen molar-refractivity contribution in [3.8, 4) is 5.75 Å². The molecule has 1 heterocycles. The molecule has 5 nitrogen and oxygen atoms in total. The van der Waals surface area contributed by atoms with Crippen LogP contribution < -0.4 is 10.9 Å². The van der Waals surface area contributed by atoms with Crippen molar-refractivity contribution in [2.75, 3.05) is 5.32 Å². The number of anilines is 1. The van der Waals surface area contributed by atoms with Crippen LogP contribution in [0.4, 0.5) is 23.2 Å². The van der Waals surface area contributed by atoms with Crippen molar-refractivity contribution in [2.45, 2.75) is 43.5 Å². The van der Waals surface area contributed by atoms with Gasteiger partial charge in [-0.1, -0.05) is 24.6 Å². The number of nitrogens with one attached hydrogen (secondary N) is 2. The molecular weight excluding hydrogens is 452 g/mol. The number of aromatic nitrogens is 1. The summed E-state index contributed by atoms with van der Waals surface area (Å²) >= 11 is 6.01. The third-order valence-corrected chi connectivity index (χ3v) is 6.35. The van der Waals surface area contributed by atoms with E-state index in [9.17, 15) is 32.6 Å². The predicted molar refractivity (Wildman–Crippen MR) is 113 cm³/mol. The zero-order valence-corrected chi connectivity index (χ0v) is 17.5. The number of hydrogen-bond donors (Lipinski definition) is 4. The zero-order valence-electron chi connectivity index (χ0n) is 16.7. The Hall–Kier alpha value is -2.78. The molecule has 1 aliphatic rings.